The number of nitrogens with zero attached hydrogens (tertiary/aromatic N) is 4. The van der Waals surface area contributed by atoms with Gasteiger partial charge in [0.15, 0.2) is 0 Å². The summed E-state index contributed by atoms with van der Waals surface area (Å²) in [7, 11) is 1.69. The largest absolute Gasteiger partial charge is 0.494 e. The maximum Gasteiger partial charge on any atom is 0.144 e. The van der Waals surface area contributed by atoms with Crippen molar-refractivity contribution in [3.8, 4) is 11.4 Å². The van der Waals surface area contributed by atoms with Crippen molar-refractivity contribution in [2.75, 3.05) is 7.11 Å². The summed E-state index contributed by atoms with van der Waals surface area (Å²) >= 11 is 0. The standard InChI is InChI=1S/C19H23N5O/c1-14-12-23-13-15(7-8-19(23)22-14)20-11-16-9-10-21-24(16)17-5-3-4-6-18(17)25-2/h3-6,9-10,12,15,20H,7-8,11,13H2,1-2H3. The fourth-order valence-corrected chi connectivity index (χ4v) is 3.49. The lowest BCUT2D eigenvalue weighted by molar-refractivity contribution is 0.375. The van der Waals surface area contributed by atoms with Crippen molar-refractivity contribution in [2.45, 2.75) is 38.9 Å². The highest BCUT2D eigenvalue weighted by molar-refractivity contribution is 5.46. The molecule has 0 saturated carbocycles. The van der Waals surface area contributed by atoms with Gasteiger partial charge in [-0.05, 0) is 31.5 Å². The second-order valence-electron chi connectivity index (χ2n) is 6.47. The topological polar surface area (TPSA) is 56.9 Å². The highest BCUT2D eigenvalue weighted by Gasteiger charge is 2.20. The summed E-state index contributed by atoms with van der Waals surface area (Å²) in [5, 5.41) is 8.15. The zero-order chi connectivity index (χ0) is 17.2. The molecule has 4 rings (SSSR count). The number of fused-ring (bicyclic) bond motifs is 1. The number of hydrogen-bond donors (Lipinski definition) is 1. The van der Waals surface area contributed by atoms with E-state index in [-0.39, 0.29) is 0 Å². The molecule has 0 aliphatic carbocycles. The minimum absolute atomic E-state index is 0.446. The van der Waals surface area contributed by atoms with E-state index in [9.17, 15) is 0 Å². The second kappa shape index (κ2) is 6.72. The molecule has 1 atom stereocenters. The summed E-state index contributed by atoms with van der Waals surface area (Å²) in [6.45, 7) is 3.80. The van der Waals surface area contributed by atoms with Gasteiger partial charge in [-0.3, -0.25) is 0 Å². The predicted molar refractivity (Wildman–Crippen MR) is 96.0 cm³/mol. The molecule has 1 N–H and O–H groups in total. The Morgan fingerprint density at radius 1 is 1.28 bits per heavy atom. The minimum atomic E-state index is 0.446. The second-order valence-corrected chi connectivity index (χ2v) is 6.47. The molecule has 3 aromatic rings. The van der Waals surface area contributed by atoms with Crippen molar-refractivity contribution in [2.24, 2.45) is 0 Å². The zero-order valence-corrected chi connectivity index (χ0v) is 14.6. The quantitative estimate of drug-likeness (QED) is 0.777. The van der Waals surface area contributed by atoms with E-state index in [0.717, 1.165) is 48.8 Å². The molecule has 1 aliphatic heterocycles. The van der Waals surface area contributed by atoms with Crippen molar-refractivity contribution in [3.05, 3.63) is 59.9 Å². The summed E-state index contributed by atoms with van der Waals surface area (Å²) in [4.78, 5) is 4.58. The molecule has 0 radical (unpaired) electrons. The summed E-state index contributed by atoms with van der Waals surface area (Å²) < 4.78 is 9.69. The molecule has 0 spiro atoms. The summed E-state index contributed by atoms with van der Waals surface area (Å²) in [5.41, 5.74) is 3.19. The van der Waals surface area contributed by atoms with E-state index < -0.39 is 0 Å². The summed E-state index contributed by atoms with van der Waals surface area (Å²) in [6.07, 6.45) is 6.11. The first kappa shape index (κ1) is 15.9. The monoisotopic (exact) mass is 337 g/mol. The lowest BCUT2D eigenvalue weighted by atomic mass is 10.1. The number of imidazole rings is 1. The SMILES string of the molecule is COc1ccccc1-n1nccc1CNC1CCc2nc(C)cn2C1. The Bertz CT molecular complexity index is 866. The molecule has 2 aromatic heterocycles. The van der Waals surface area contributed by atoms with Gasteiger partial charge in [0.05, 0.1) is 18.5 Å². The Morgan fingerprint density at radius 2 is 2.16 bits per heavy atom. The Morgan fingerprint density at radius 3 is 3.04 bits per heavy atom. The number of aryl methyl sites for hydroxylation is 2. The van der Waals surface area contributed by atoms with E-state index >= 15 is 0 Å². The lowest BCUT2D eigenvalue weighted by Crippen LogP contribution is -2.37. The van der Waals surface area contributed by atoms with Crippen LogP contribution in [0.5, 0.6) is 5.75 Å². The average Bonchev–Trinajstić information content (AvgIpc) is 3.24. The molecule has 0 amide bonds. The van der Waals surface area contributed by atoms with Crippen LogP contribution in [0.25, 0.3) is 5.69 Å². The number of ether oxygens (including phenoxy) is 1. The molecular formula is C19H23N5O. The maximum atomic E-state index is 5.47. The number of para-hydroxylation sites is 2. The lowest BCUT2D eigenvalue weighted by Gasteiger charge is -2.25. The summed E-state index contributed by atoms with van der Waals surface area (Å²) in [6, 6.07) is 10.4. The predicted octanol–water partition coefficient (Wildman–Crippen LogP) is 2.49. The molecule has 1 aromatic carbocycles. The molecule has 6 heteroatoms. The van der Waals surface area contributed by atoms with E-state index in [1.54, 1.807) is 7.11 Å². The smallest absolute Gasteiger partial charge is 0.144 e. The van der Waals surface area contributed by atoms with Gasteiger partial charge in [0.1, 0.15) is 17.3 Å². The molecule has 0 saturated heterocycles. The van der Waals surface area contributed by atoms with Crippen LogP contribution in [-0.2, 0) is 19.5 Å². The van der Waals surface area contributed by atoms with Crippen LogP contribution in [-0.4, -0.2) is 32.5 Å². The first-order valence-corrected chi connectivity index (χ1v) is 8.67. The zero-order valence-electron chi connectivity index (χ0n) is 14.6. The normalized spacial score (nSPS) is 16.6. The third kappa shape index (κ3) is 3.17. The van der Waals surface area contributed by atoms with Crippen molar-refractivity contribution in [3.63, 3.8) is 0 Å². The van der Waals surface area contributed by atoms with E-state index in [4.69, 9.17) is 4.74 Å². The summed E-state index contributed by atoms with van der Waals surface area (Å²) in [5.74, 6) is 2.03. The minimum Gasteiger partial charge on any atom is -0.494 e. The molecule has 3 heterocycles. The first-order chi connectivity index (χ1) is 12.2. The van der Waals surface area contributed by atoms with Gasteiger partial charge >= 0.3 is 0 Å². The van der Waals surface area contributed by atoms with Crippen molar-refractivity contribution in [1.82, 2.24) is 24.6 Å². The number of methoxy groups -OCH3 is 1. The first-order valence-electron chi connectivity index (χ1n) is 8.67. The molecule has 130 valence electrons. The number of rotatable bonds is 5. The Hall–Kier alpha value is -2.60. The van der Waals surface area contributed by atoms with E-state index in [1.165, 1.54) is 5.82 Å². The average molecular weight is 337 g/mol. The van der Waals surface area contributed by atoms with E-state index in [0.29, 0.717) is 6.04 Å². The highest BCUT2D eigenvalue weighted by Crippen LogP contribution is 2.23. The Labute approximate surface area is 147 Å². The molecule has 0 bridgehead atoms. The van der Waals surface area contributed by atoms with E-state index in [1.807, 2.05) is 35.1 Å². The number of hydrogen-bond acceptors (Lipinski definition) is 4. The van der Waals surface area contributed by atoms with Gasteiger partial charge in [-0.2, -0.15) is 5.10 Å². The number of benzene rings is 1. The highest BCUT2D eigenvalue weighted by atomic mass is 16.5. The fraction of sp³-hybridized carbons (Fsp3) is 0.368. The van der Waals surface area contributed by atoms with Crippen molar-refractivity contribution in [1.29, 1.82) is 0 Å². The number of aromatic nitrogens is 4. The number of nitrogens with one attached hydrogen (secondary N) is 1. The van der Waals surface area contributed by atoms with Gasteiger partial charge in [-0.1, -0.05) is 12.1 Å². The van der Waals surface area contributed by atoms with Crippen LogP contribution in [0.4, 0.5) is 0 Å². The fourth-order valence-electron chi connectivity index (χ4n) is 3.49. The van der Waals surface area contributed by atoms with Gasteiger partial charge < -0.3 is 14.6 Å². The van der Waals surface area contributed by atoms with Gasteiger partial charge in [0.2, 0.25) is 0 Å². The molecular weight excluding hydrogens is 314 g/mol. The van der Waals surface area contributed by atoms with E-state index in [2.05, 4.69) is 39.2 Å². The van der Waals surface area contributed by atoms with Gasteiger partial charge in [-0.25, -0.2) is 9.67 Å². The van der Waals surface area contributed by atoms with Crippen LogP contribution in [0.2, 0.25) is 0 Å². The van der Waals surface area contributed by atoms with Crippen LogP contribution < -0.4 is 10.1 Å². The molecule has 25 heavy (non-hydrogen) atoms. The van der Waals surface area contributed by atoms with Crippen molar-refractivity contribution >= 4 is 0 Å². The Balaban J connectivity index is 1.47. The Kier molecular flexibility index (Phi) is 4.28. The third-order valence-corrected chi connectivity index (χ3v) is 4.72. The third-order valence-electron chi connectivity index (χ3n) is 4.72. The van der Waals surface area contributed by atoms with Gasteiger partial charge in [0, 0.05) is 37.9 Å². The van der Waals surface area contributed by atoms with Crippen LogP contribution in [0, 0.1) is 6.92 Å². The molecule has 1 aliphatic rings. The molecule has 0 fully saturated rings. The molecule has 1 unspecified atom stereocenters. The van der Waals surface area contributed by atoms with Crippen LogP contribution in [0.15, 0.2) is 42.7 Å². The van der Waals surface area contributed by atoms with Gasteiger partial charge in [0.25, 0.3) is 0 Å². The maximum absolute atomic E-state index is 5.47. The van der Waals surface area contributed by atoms with Crippen LogP contribution >= 0.6 is 0 Å². The van der Waals surface area contributed by atoms with Gasteiger partial charge in [-0.15, -0.1) is 0 Å². The van der Waals surface area contributed by atoms with Crippen LogP contribution in [0.1, 0.15) is 23.6 Å². The van der Waals surface area contributed by atoms with Crippen molar-refractivity contribution < 1.29 is 4.74 Å². The van der Waals surface area contributed by atoms with Crippen LogP contribution in [0.3, 0.4) is 0 Å². The molecule has 6 nitrogen and oxygen atoms in total.